The second-order valence-electron chi connectivity index (χ2n) is 4.40. The zero-order valence-corrected chi connectivity index (χ0v) is 12.0. The highest BCUT2D eigenvalue weighted by atomic mass is 16.6. The van der Waals surface area contributed by atoms with E-state index in [4.69, 9.17) is 10.00 Å². The molecule has 0 saturated carbocycles. The van der Waals surface area contributed by atoms with Crippen LogP contribution in [0.2, 0.25) is 0 Å². The van der Waals surface area contributed by atoms with Gasteiger partial charge < -0.3 is 9.64 Å². The van der Waals surface area contributed by atoms with Crippen LogP contribution in [-0.2, 0) is 4.79 Å². The van der Waals surface area contributed by atoms with Gasteiger partial charge in [-0.25, -0.2) is 0 Å². The van der Waals surface area contributed by atoms with Crippen LogP contribution in [0, 0.1) is 28.4 Å². The topological polar surface area (TPSA) is 96.5 Å². The highest BCUT2D eigenvalue weighted by molar-refractivity contribution is 5.77. The minimum absolute atomic E-state index is 0.0651. The van der Waals surface area contributed by atoms with Crippen LogP contribution in [0.5, 0.6) is 5.75 Å². The first-order valence-corrected chi connectivity index (χ1v) is 6.52. The molecule has 0 aliphatic carbocycles. The van der Waals surface area contributed by atoms with Crippen molar-refractivity contribution in [3.05, 3.63) is 33.9 Å². The van der Waals surface area contributed by atoms with E-state index in [0.717, 1.165) is 5.56 Å². The van der Waals surface area contributed by atoms with Gasteiger partial charge in [-0.15, -0.1) is 0 Å². The van der Waals surface area contributed by atoms with Crippen LogP contribution in [0.25, 0.3) is 0 Å². The summed E-state index contributed by atoms with van der Waals surface area (Å²) < 4.78 is 5.26. The minimum atomic E-state index is -0.542. The number of nitro groups is 1. The standard InChI is InChI=1S/C14H17N3O4/c1-3-16(8-4-7-15)14(18)10-21-13-6-5-11(2)9-12(13)17(19)20/h5-6,9H,3-4,8,10H2,1-2H3. The lowest BCUT2D eigenvalue weighted by Crippen LogP contribution is -2.35. The first-order chi connectivity index (χ1) is 9.99. The van der Waals surface area contributed by atoms with E-state index in [1.54, 1.807) is 19.9 Å². The maximum Gasteiger partial charge on any atom is 0.311 e. The second kappa shape index (κ2) is 7.85. The summed E-state index contributed by atoms with van der Waals surface area (Å²) in [5, 5.41) is 19.5. The summed E-state index contributed by atoms with van der Waals surface area (Å²) in [4.78, 5) is 23.8. The van der Waals surface area contributed by atoms with E-state index in [0.29, 0.717) is 13.1 Å². The average molecular weight is 291 g/mol. The van der Waals surface area contributed by atoms with E-state index in [1.165, 1.54) is 17.0 Å². The molecule has 1 aromatic carbocycles. The Morgan fingerprint density at radius 1 is 1.52 bits per heavy atom. The van der Waals surface area contributed by atoms with Gasteiger partial charge in [-0.1, -0.05) is 6.07 Å². The highest BCUT2D eigenvalue weighted by Crippen LogP contribution is 2.27. The molecule has 7 heteroatoms. The number of carbonyl (C=O) groups is 1. The van der Waals surface area contributed by atoms with Crippen molar-refractivity contribution in [2.75, 3.05) is 19.7 Å². The van der Waals surface area contributed by atoms with Gasteiger partial charge in [0.2, 0.25) is 0 Å². The lowest BCUT2D eigenvalue weighted by molar-refractivity contribution is -0.385. The van der Waals surface area contributed by atoms with Gasteiger partial charge in [0, 0.05) is 19.2 Å². The number of hydrogen-bond acceptors (Lipinski definition) is 5. The maximum atomic E-state index is 11.9. The number of benzene rings is 1. The normalized spacial score (nSPS) is 9.76. The minimum Gasteiger partial charge on any atom is -0.477 e. The van der Waals surface area contributed by atoms with Crippen LogP contribution in [0.1, 0.15) is 18.9 Å². The fraction of sp³-hybridized carbons (Fsp3) is 0.429. The quantitative estimate of drug-likeness (QED) is 0.565. The summed E-state index contributed by atoms with van der Waals surface area (Å²) in [5.74, 6) is -0.238. The number of nitriles is 1. The van der Waals surface area contributed by atoms with Crippen molar-refractivity contribution in [2.24, 2.45) is 0 Å². The van der Waals surface area contributed by atoms with E-state index in [9.17, 15) is 14.9 Å². The van der Waals surface area contributed by atoms with Crippen molar-refractivity contribution in [1.29, 1.82) is 5.26 Å². The van der Waals surface area contributed by atoms with E-state index < -0.39 is 4.92 Å². The zero-order valence-electron chi connectivity index (χ0n) is 12.0. The molecule has 0 N–H and O–H groups in total. The third kappa shape index (κ3) is 4.76. The number of likely N-dealkylation sites (N-methyl/N-ethyl adjacent to an activating group) is 1. The van der Waals surface area contributed by atoms with Crippen LogP contribution in [0.15, 0.2) is 18.2 Å². The summed E-state index contributed by atoms with van der Waals surface area (Å²) in [7, 11) is 0. The molecule has 0 saturated heterocycles. The second-order valence-corrected chi connectivity index (χ2v) is 4.40. The number of aryl methyl sites for hydroxylation is 1. The molecule has 0 unspecified atom stereocenters. The Morgan fingerprint density at radius 3 is 2.81 bits per heavy atom. The average Bonchev–Trinajstić information content (AvgIpc) is 2.46. The van der Waals surface area contributed by atoms with E-state index in [1.807, 2.05) is 6.07 Å². The zero-order chi connectivity index (χ0) is 15.8. The predicted molar refractivity (Wildman–Crippen MR) is 75.8 cm³/mol. The molecule has 0 aromatic heterocycles. The summed E-state index contributed by atoms with van der Waals surface area (Å²) in [6.07, 6.45) is 0.240. The van der Waals surface area contributed by atoms with Crippen molar-refractivity contribution >= 4 is 11.6 Å². The first kappa shape index (κ1) is 16.4. The summed E-state index contributed by atoms with van der Waals surface area (Å²) in [6, 6.07) is 6.52. The third-order valence-corrected chi connectivity index (χ3v) is 2.89. The fourth-order valence-corrected chi connectivity index (χ4v) is 1.77. The van der Waals surface area contributed by atoms with Crippen LogP contribution >= 0.6 is 0 Å². The summed E-state index contributed by atoms with van der Waals surface area (Å²) in [5.41, 5.74) is 0.576. The molecule has 0 aliphatic rings. The van der Waals surface area contributed by atoms with Gasteiger partial charge >= 0.3 is 5.69 Å². The van der Waals surface area contributed by atoms with E-state index in [-0.39, 0.29) is 30.4 Å². The van der Waals surface area contributed by atoms with Crippen LogP contribution in [-0.4, -0.2) is 35.4 Å². The molecule has 0 aliphatic heterocycles. The Morgan fingerprint density at radius 2 is 2.24 bits per heavy atom. The molecule has 112 valence electrons. The number of amides is 1. The van der Waals surface area contributed by atoms with Gasteiger partial charge in [0.1, 0.15) is 0 Å². The molecule has 0 atom stereocenters. The molecular formula is C14H17N3O4. The molecule has 1 amide bonds. The number of carbonyl (C=O) groups excluding carboxylic acids is 1. The van der Waals surface area contributed by atoms with E-state index >= 15 is 0 Å². The molecule has 0 heterocycles. The number of nitrogens with zero attached hydrogens (tertiary/aromatic N) is 3. The Bertz CT molecular complexity index is 566. The number of hydrogen-bond donors (Lipinski definition) is 0. The van der Waals surface area contributed by atoms with Gasteiger partial charge in [0.05, 0.1) is 17.4 Å². The smallest absolute Gasteiger partial charge is 0.311 e. The SMILES string of the molecule is CCN(CCC#N)C(=O)COc1ccc(C)cc1[N+](=O)[O-]. The molecule has 0 spiro atoms. The van der Waals surface area contributed by atoms with Crippen LogP contribution in [0.4, 0.5) is 5.69 Å². The maximum absolute atomic E-state index is 11.9. The Kier molecular flexibility index (Phi) is 6.14. The molecule has 1 aromatic rings. The number of ether oxygens (including phenoxy) is 1. The molecule has 7 nitrogen and oxygen atoms in total. The van der Waals surface area contributed by atoms with Gasteiger partial charge in [0.25, 0.3) is 5.91 Å². The van der Waals surface area contributed by atoms with Crippen LogP contribution < -0.4 is 4.74 Å². The predicted octanol–water partition coefficient (Wildman–Crippen LogP) is 2.04. The van der Waals surface area contributed by atoms with Gasteiger partial charge in [-0.3, -0.25) is 14.9 Å². The lowest BCUT2D eigenvalue weighted by Gasteiger charge is -2.19. The van der Waals surface area contributed by atoms with Crippen molar-refractivity contribution in [3.63, 3.8) is 0 Å². The molecule has 0 radical (unpaired) electrons. The fourth-order valence-electron chi connectivity index (χ4n) is 1.77. The van der Waals surface area contributed by atoms with Crippen molar-refractivity contribution in [1.82, 2.24) is 4.90 Å². The first-order valence-electron chi connectivity index (χ1n) is 6.52. The van der Waals surface area contributed by atoms with Gasteiger partial charge in [-0.2, -0.15) is 5.26 Å². The van der Waals surface area contributed by atoms with Gasteiger partial charge in [0.15, 0.2) is 12.4 Å². The van der Waals surface area contributed by atoms with Crippen molar-refractivity contribution in [2.45, 2.75) is 20.3 Å². The molecule has 0 bridgehead atoms. The summed E-state index contributed by atoms with van der Waals surface area (Å²) >= 11 is 0. The molecular weight excluding hydrogens is 274 g/mol. The Labute approximate surface area is 122 Å². The van der Waals surface area contributed by atoms with Gasteiger partial charge in [-0.05, 0) is 25.5 Å². The molecule has 21 heavy (non-hydrogen) atoms. The lowest BCUT2D eigenvalue weighted by atomic mass is 10.2. The Hall–Kier alpha value is -2.62. The number of rotatable bonds is 7. The Balaban J connectivity index is 2.72. The van der Waals surface area contributed by atoms with Crippen molar-refractivity contribution in [3.8, 4) is 11.8 Å². The van der Waals surface area contributed by atoms with Crippen molar-refractivity contribution < 1.29 is 14.5 Å². The van der Waals surface area contributed by atoms with Crippen LogP contribution in [0.3, 0.4) is 0 Å². The third-order valence-electron chi connectivity index (χ3n) is 2.89. The largest absolute Gasteiger partial charge is 0.477 e. The number of nitro benzene ring substituents is 1. The summed E-state index contributed by atoms with van der Waals surface area (Å²) in [6.45, 7) is 4.03. The monoisotopic (exact) mass is 291 g/mol. The molecule has 1 rings (SSSR count). The molecule has 0 fully saturated rings. The highest BCUT2D eigenvalue weighted by Gasteiger charge is 2.18. The van der Waals surface area contributed by atoms with E-state index in [2.05, 4.69) is 0 Å².